The second kappa shape index (κ2) is 6.24. The Hall–Kier alpha value is -0.400. The van der Waals surface area contributed by atoms with Crippen LogP contribution in [-0.2, 0) is 0 Å². The normalized spacial score (nSPS) is 12.5. The molecular formula is C12H17Cl2N. The van der Waals surface area contributed by atoms with E-state index in [-0.39, 0.29) is 0 Å². The van der Waals surface area contributed by atoms with Crippen molar-refractivity contribution >= 4 is 28.9 Å². The second-order valence-corrected chi connectivity index (χ2v) is 4.42. The molecule has 0 saturated heterocycles. The highest BCUT2D eigenvalue weighted by Gasteiger charge is 2.08. The highest BCUT2D eigenvalue weighted by molar-refractivity contribution is 6.43. The lowest BCUT2D eigenvalue weighted by atomic mass is 10.1. The van der Waals surface area contributed by atoms with Gasteiger partial charge in [-0.05, 0) is 25.0 Å². The molecule has 0 spiro atoms. The van der Waals surface area contributed by atoms with Crippen LogP contribution in [0.4, 0.5) is 5.69 Å². The van der Waals surface area contributed by atoms with Gasteiger partial charge in [-0.2, -0.15) is 0 Å². The lowest BCUT2D eigenvalue weighted by molar-refractivity contribution is 0.623. The highest BCUT2D eigenvalue weighted by atomic mass is 35.5. The first-order valence-corrected chi connectivity index (χ1v) is 6.15. The van der Waals surface area contributed by atoms with Crippen molar-refractivity contribution < 1.29 is 0 Å². The molecule has 0 radical (unpaired) electrons. The fraction of sp³-hybridized carbons (Fsp3) is 0.500. The maximum Gasteiger partial charge on any atom is 0.0823 e. The Labute approximate surface area is 102 Å². The summed E-state index contributed by atoms with van der Waals surface area (Å²) in [6, 6.07) is 6.16. The van der Waals surface area contributed by atoms with Gasteiger partial charge in [0.25, 0.3) is 0 Å². The topological polar surface area (TPSA) is 12.0 Å². The number of anilines is 1. The Bertz CT molecular complexity index is 312. The zero-order valence-corrected chi connectivity index (χ0v) is 10.7. The van der Waals surface area contributed by atoms with Crippen LogP contribution in [0.2, 0.25) is 10.0 Å². The van der Waals surface area contributed by atoms with Gasteiger partial charge in [0.1, 0.15) is 0 Å². The van der Waals surface area contributed by atoms with Crippen molar-refractivity contribution in [2.24, 2.45) is 0 Å². The molecule has 0 aromatic heterocycles. The summed E-state index contributed by atoms with van der Waals surface area (Å²) in [5.74, 6) is 0. The van der Waals surface area contributed by atoms with E-state index in [4.69, 9.17) is 23.2 Å². The molecule has 1 rings (SSSR count). The number of hydrogen-bond acceptors (Lipinski definition) is 1. The maximum absolute atomic E-state index is 6.10. The summed E-state index contributed by atoms with van der Waals surface area (Å²) in [4.78, 5) is 0. The van der Waals surface area contributed by atoms with Crippen LogP contribution >= 0.6 is 23.2 Å². The molecule has 0 aliphatic heterocycles. The summed E-state index contributed by atoms with van der Waals surface area (Å²) in [6.45, 7) is 4.36. The fourth-order valence-electron chi connectivity index (χ4n) is 1.56. The maximum atomic E-state index is 6.10. The Morgan fingerprint density at radius 1 is 1.27 bits per heavy atom. The summed E-state index contributed by atoms with van der Waals surface area (Å²) in [6.07, 6.45) is 3.42. The van der Waals surface area contributed by atoms with Crippen molar-refractivity contribution in [3.05, 3.63) is 28.2 Å². The molecule has 3 heteroatoms. The van der Waals surface area contributed by atoms with Crippen LogP contribution in [0.3, 0.4) is 0 Å². The van der Waals surface area contributed by atoms with Crippen LogP contribution < -0.4 is 5.32 Å². The predicted octanol–water partition coefficient (Wildman–Crippen LogP) is 4.98. The summed E-state index contributed by atoms with van der Waals surface area (Å²) in [7, 11) is 0. The smallest absolute Gasteiger partial charge is 0.0823 e. The Balaban J connectivity index is 2.74. The van der Waals surface area contributed by atoms with E-state index in [1.807, 2.05) is 12.1 Å². The molecule has 1 N–H and O–H groups in total. The van der Waals surface area contributed by atoms with Gasteiger partial charge < -0.3 is 5.32 Å². The van der Waals surface area contributed by atoms with Crippen LogP contribution in [0.15, 0.2) is 18.2 Å². The molecule has 84 valence electrons. The average Bonchev–Trinajstić information content (AvgIpc) is 2.24. The third-order valence-electron chi connectivity index (χ3n) is 2.44. The van der Waals surface area contributed by atoms with E-state index in [1.54, 1.807) is 6.07 Å². The Kier molecular flexibility index (Phi) is 5.27. The number of hydrogen-bond donors (Lipinski definition) is 1. The minimum absolute atomic E-state index is 0.478. The van der Waals surface area contributed by atoms with E-state index in [2.05, 4.69) is 19.2 Å². The van der Waals surface area contributed by atoms with E-state index < -0.39 is 0 Å². The highest BCUT2D eigenvalue weighted by Crippen LogP contribution is 2.30. The van der Waals surface area contributed by atoms with Gasteiger partial charge in [0.15, 0.2) is 0 Å². The summed E-state index contributed by atoms with van der Waals surface area (Å²) >= 11 is 12.0. The predicted molar refractivity (Wildman–Crippen MR) is 69.1 cm³/mol. The monoisotopic (exact) mass is 245 g/mol. The lowest BCUT2D eigenvalue weighted by Crippen LogP contribution is -2.18. The van der Waals surface area contributed by atoms with Crippen LogP contribution in [0, 0.1) is 0 Å². The number of rotatable bonds is 5. The van der Waals surface area contributed by atoms with Gasteiger partial charge in [-0.3, -0.25) is 0 Å². The first-order valence-electron chi connectivity index (χ1n) is 5.39. The van der Waals surface area contributed by atoms with Crippen molar-refractivity contribution in [2.75, 3.05) is 5.32 Å². The first-order chi connectivity index (χ1) is 7.19. The van der Waals surface area contributed by atoms with E-state index in [0.29, 0.717) is 16.1 Å². The van der Waals surface area contributed by atoms with E-state index >= 15 is 0 Å². The van der Waals surface area contributed by atoms with Gasteiger partial charge >= 0.3 is 0 Å². The van der Waals surface area contributed by atoms with Crippen molar-refractivity contribution in [1.29, 1.82) is 0 Å². The van der Waals surface area contributed by atoms with Gasteiger partial charge in [0.05, 0.1) is 15.7 Å². The molecule has 0 amide bonds. The molecule has 1 atom stereocenters. The quantitative estimate of drug-likeness (QED) is 0.772. The van der Waals surface area contributed by atoms with Crippen molar-refractivity contribution in [2.45, 2.75) is 39.2 Å². The van der Waals surface area contributed by atoms with Gasteiger partial charge in [-0.15, -0.1) is 0 Å². The summed E-state index contributed by atoms with van der Waals surface area (Å²) < 4.78 is 0. The Morgan fingerprint density at radius 3 is 2.60 bits per heavy atom. The second-order valence-electron chi connectivity index (χ2n) is 3.64. The lowest BCUT2D eigenvalue weighted by Gasteiger charge is -2.18. The van der Waals surface area contributed by atoms with E-state index in [0.717, 1.165) is 18.5 Å². The third-order valence-corrected chi connectivity index (χ3v) is 3.26. The van der Waals surface area contributed by atoms with Crippen molar-refractivity contribution in [1.82, 2.24) is 0 Å². The molecule has 0 saturated carbocycles. The van der Waals surface area contributed by atoms with E-state index in [1.165, 1.54) is 6.42 Å². The molecule has 0 heterocycles. The summed E-state index contributed by atoms with van der Waals surface area (Å²) in [5.41, 5.74) is 0.935. The molecule has 0 aliphatic rings. The molecule has 0 fully saturated rings. The minimum Gasteiger partial charge on any atom is -0.381 e. The van der Waals surface area contributed by atoms with Crippen molar-refractivity contribution in [3.63, 3.8) is 0 Å². The average molecular weight is 246 g/mol. The van der Waals surface area contributed by atoms with Crippen molar-refractivity contribution in [3.8, 4) is 0 Å². The molecule has 1 aromatic rings. The first kappa shape index (κ1) is 12.7. The standard InChI is InChI=1S/C12H17Cl2N/c1-3-6-9(4-2)15-11-8-5-7-10(13)12(11)14/h5,7-9,15H,3-4,6H2,1-2H3. The van der Waals surface area contributed by atoms with Crippen LogP contribution in [0.5, 0.6) is 0 Å². The molecule has 15 heavy (non-hydrogen) atoms. The third kappa shape index (κ3) is 3.58. The molecule has 1 unspecified atom stereocenters. The number of nitrogens with one attached hydrogen (secondary N) is 1. The number of halogens is 2. The molecular weight excluding hydrogens is 229 g/mol. The fourth-order valence-corrected chi connectivity index (χ4v) is 1.92. The SMILES string of the molecule is CCCC(CC)Nc1cccc(Cl)c1Cl. The molecule has 0 aliphatic carbocycles. The molecule has 1 aromatic carbocycles. The zero-order valence-electron chi connectivity index (χ0n) is 9.19. The number of benzene rings is 1. The van der Waals surface area contributed by atoms with Gasteiger partial charge in [0.2, 0.25) is 0 Å². The summed E-state index contributed by atoms with van der Waals surface area (Å²) in [5, 5.41) is 4.65. The minimum atomic E-state index is 0.478. The van der Waals surface area contributed by atoms with Crippen LogP contribution in [0.1, 0.15) is 33.1 Å². The van der Waals surface area contributed by atoms with Crippen LogP contribution in [0.25, 0.3) is 0 Å². The molecule has 0 bridgehead atoms. The van der Waals surface area contributed by atoms with Gasteiger partial charge in [-0.1, -0.05) is 49.5 Å². The van der Waals surface area contributed by atoms with Gasteiger partial charge in [-0.25, -0.2) is 0 Å². The van der Waals surface area contributed by atoms with Gasteiger partial charge in [0, 0.05) is 6.04 Å². The van der Waals surface area contributed by atoms with Crippen LogP contribution in [-0.4, -0.2) is 6.04 Å². The molecule has 1 nitrogen and oxygen atoms in total. The largest absolute Gasteiger partial charge is 0.381 e. The Morgan fingerprint density at radius 2 is 2.00 bits per heavy atom. The zero-order chi connectivity index (χ0) is 11.3. The van der Waals surface area contributed by atoms with E-state index in [9.17, 15) is 0 Å².